The van der Waals surface area contributed by atoms with Gasteiger partial charge >= 0.3 is 0 Å². The van der Waals surface area contributed by atoms with Crippen molar-refractivity contribution in [3.63, 3.8) is 0 Å². The minimum atomic E-state index is 0.668. The maximum atomic E-state index is 5.42. The molecule has 0 unspecified atom stereocenters. The van der Waals surface area contributed by atoms with Crippen LogP contribution in [0.3, 0.4) is 0 Å². The fourth-order valence-corrected chi connectivity index (χ4v) is 1.58. The van der Waals surface area contributed by atoms with Crippen molar-refractivity contribution in [1.29, 1.82) is 0 Å². The van der Waals surface area contributed by atoms with Gasteiger partial charge in [-0.15, -0.1) is 0 Å². The van der Waals surface area contributed by atoms with Crippen molar-refractivity contribution >= 4 is 5.76 Å². The molecule has 0 saturated carbocycles. The van der Waals surface area contributed by atoms with E-state index in [2.05, 4.69) is 37.4 Å². The third-order valence-electron chi connectivity index (χ3n) is 2.36. The van der Waals surface area contributed by atoms with E-state index in [1.165, 1.54) is 11.1 Å². The van der Waals surface area contributed by atoms with Crippen LogP contribution < -0.4 is 0 Å². The second-order valence-corrected chi connectivity index (χ2v) is 3.14. The SMILES string of the molecule is C=C=C1OCc2cc(CC)ccc21. The molecule has 66 valence electrons. The third kappa shape index (κ3) is 1.28. The van der Waals surface area contributed by atoms with Gasteiger partial charge in [0.1, 0.15) is 6.61 Å². The summed E-state index contributed by atoms with van der Waals surface area (Å²) in [5.41, 5.74) is 6.56. The monoisotopic (exact) mass is 172 g/mol. The summed E-state index contributed by atoms with van der Waals surface area (Å²) in [7, 11) is 0. The molecule has 0 aromatic heterocycles. The van der Waals surface area contributed by atoms with Crippen molar-refractivity contribution in [2.45, 2.75) is 20.0 Å². The number of hydrogen-bond donors (Lipinski definition) is 0. The lowest BCUT2D eigenvalue weighted by Crippen LogP contribution is -1.85. The molecule has 0 saturated heterocycles. The Hall–Kier alpha value is -1.46. The Morgan fingerprint density at radius 3 is 3.08 bits per heavy atom. The zero-order chi connectivity index (χ0) is 9.26. The van der Waals surface area contributed by atoms with Crippen molar-refractivity contribution in [3.05, 3.63) is 47.2 Å². The van der Waals surface area contributed by atoms with Gasteiger partial charge in [-0.2, -0.15) is 0 Å². The van der Waals surface area contributed by atoms with Crippen LogP contribution in [0.2, 0.25) is 0 Å². The van der Waals surface area contributed by atoms with Crippen LogP contribution in [0, 0.1) is 0 Å². The van der Waals surface area contributed by atoms with Crippen molar-refractivity contribution in [1.82, 2.24) is 0 Å². The quantitative estimate of drug-likeness (QED) is 0.592. The van der Waals surface area contributed by atoms with Gasteiger partial charge in [-0.25, -0.2) is 0 Å². The van der Waals surface area contributed by atoms with Crippen molar-refractivity contribution in [3.8, 4) is 0 Å². The Morgan fingerprint density at radius 2 is 2.38 bits per heavy atom. The van der Waals surface area contributed by atoms with Gasteiger partial charge in [0, 0.05) is 11.1 Å². The molecule has 0 radical (unpaired) electrons. The smallest absolute Gasteiger partial charge is 0.169 e. The number of benzene rings is 1. The van der Waals surface area contributed by atoms with Gasteiger partial charge in [0.15, 0.2) is 5.76 Å². The number of rotatable bonds is 1. The normalized spacial score (nSPS) is 13.5. The molecule has 0 amide bonds. The summed E-state index contributed by atoms with van der Waals surface area (Å²) in [5.74, 6) is 0.789. The van der Waals surface area contributed by atoms with Crippen molar-refractivity contribution in [2.75, 3.05) is 0 Å². The molecule has 2 rings (SSSR count). The van der Waals surface area contributed by atoms with Crippen LogP contribution in [0.4, 0.5) is 0 Å². The number of hydrogen-bond acceptors (Lipinski definition) is 1. The topological polar surface area (TPSA) is 9.23 Å². The summed E-state index contributed by atoms with van der Waals surface area (Å²) >= 11 is 0. The highest BCUT2D eigenvalue weighted by Gasteiger charge is 2.16. The van der Waals surface area contributed by atoms with Crippen LogP contribution in [0.15, 0.2) is 30.5 Å². The second-order valence-electron chi connectivity index (χ2n) is 3.14. The lowest BCUT2D eigenvalue weighted by Gasteiger charge is -1.98. The first-order valence-corrected chi connectivity index (χ1v) is 4.50. The fourth-order valence-electron chi connectivity index (χ4n) is 1.58. The molecule has 1 nitrogen and oxygen atoms in total. The standard InChI is InChI=1S/C12H12O/c1-3-9-5-6-11-10(7-9)8-13-12(11)4-2/h5-7H,2-3,8H2,1H3. The van der Waals surface area contributed by atoms with Crippen LogP contribution >= 0.6 is 0 Å². The Labute approximate surface area is 78.3 Å². The molecule has 1 heteroatoms. The van der Waals surface area contributed by atoms with Gasteiger partial charge in [-0.1, -0.05) is 31.4 Å². The summed E-state index contributed by atoms with van der Waals surface area (Å²) in [4.78, 5) is 0. The molecular weight excluding hydrogens is 160 g/mol. The molecule has 1 aliphatic heterocycles. The molecule has 0 fully saturated rings. The summed E-state index contributed by atoms with van der Waals surface area (Å²) in [6.45, 7) is 6.42. The van der Waals surface area contributed by atoms with Crippen LogP contribution in [0.5, 0.6) is 0 Å². The summed E-state index contributed by atoms with van der Waals surface area (Å²) in [6, 6.07) is 6.42. The van der Waals surface area contributed by atoms with Crippen LogP contribution in [-0.4, -0.2) is 0 Å². The van der Waals surface area contributed by atoms with Gasteiger partial charge in [0.05, 0.1) is 0 Å². The number of fused-ring (bicyclic) bond motifs is 1. The molecule has 1 aromatic rings. The molecule has 0 spiro atoms. The molecule has 1 aliphatic rings. The lowest BCUT2D eigenvalue weighted by atomic mass is 10.0. The highest BCUT2D eigenvalue weighted by atomic mass is 16.5. The van der Waals surface area contributed by atoms with E-state index < -0.39 is 0 Å². The van der Waals surface area contributed by atoms with E-state index in [0.717, 1.165) is 17.7 Å². The zero-order valence-corrected chi connectivity index (χ0v) is 7.76. The number of ether oxygens (including phenoxy) is 1. The van der Waals surface area contributed by atoms with Crippen LogP contribution in [-0.2, 0) is 17.8 Å². The molecular formula is C12H12O. The first-order valence-electron chi connectivity index (χ1n) is 4.50. The predicted octanol–water partition coefficient (Wildman–Crippen LogP) is 2.91. The van der Waals surface area contributed by atoms with Gasteiger partial charge in [-0.05, 0) is 18.1 Å². The molecule has 1 heterocycles. The summed E-state index contributed by atoms with van der Waals surface area (Å²) < 4.78 is 5.42. The maximum Gasteiger partial charge on any atom is 0.169 e. The molecule has 13 heavy (non-hydrogen) atoms. The van der Waals surface area contributed by atoms with Gasteiger partial charge in [0.25, 0.3) is 0 Å². The largest absolute Gasteiger partial charge is 0.481 e. The van der Waals surface area contributed by atoms with Gasteiger partial charge in [0.2, 0.25) is 0 Å². The molecule has 0 atom stereocenters. The average molecular weight is 172 g/mol. The third-order valence-corrected chi connectivity index (χ3v) is 2.36. The van der Waals surface area contributed by atoms with E-state index in [1.807, 2.05) is 0 Å². The minimum Gasteiger partial charge on any atom is -0.481 e. The van der Waals surface area contributed by atoms with E-state index in [1.54, 1.807) is 0 Å². The molecule has 0 aliphatic carbocycles. The fraction of sp³-hybridized carbons (Fsp3) is 0.250. The Bertz CT molecular complexity index is 384. The Balaban J connectivity index is 2.52. The minimum absolute atomic E-state index is 0.668. The predicted molar refractivity (Wildman–Crippen MR) is 53.2 cm³/mol. The highest BCUT2D eigenvalue weighted by molar-refractivity contribution is 5.65. The van der Waals surface area contributed by atoms with Crippen molar-refractivity contribution in [2.24, 2.45) is 0 Å². The van der Waals surface area contributed by atoms with E-state index in [9.17, 15) is 0 Å². The highest BCUT2D eigenvalue weighted by Crippen LogP contribution is 2.29. The van der Waals surface area contributed by atoms with Crippen LogP contribution in [0.1, 0.15) is 23.6 Å². The maximum absolute atomic E-state index is 5.42. The van der Waals surface area contributed by atoms with E-state index in [4.69, 9.17) is 4.74 Å². The first kappa shape index (κ1) is 8.15. The van der Waals surface area contributed by atoms with E-state index in [0.29, 0.717) is 6.61 Å². The molecule has 1 aromatic carbocycles. The molecule has 0 N–H and O–H groups in total. The van der Waals surface area contributed by atoms with Crippen LogP contribution in [0.25, 0.3) is 5.76 Å². The Morgan fingerprint density at radius 1 is 1.54 bits per heavy atom. The van der Waals surface area contributed by atoms with Gasteiger partial charge < -0.3 is 4.74 Å². The summed E-state index contributed by atoms with van der Waals surface area (Å²) in [5, 5.41) is 0. The first-order chi connectivity index (χ1) is 6.35. The van der Waals surface area contributed by atoms with E-state index >= 15 is 0 Å². The average Bonchev–Trinajstić information content (AvgIpc) is 2.59. The lowest BCUT2D eigenvalue weighted by molar-refractivity contribution is 0.286. The van der Waals surface area contributed by atoms with Gasteiger partial charge in [-0.3, -0.25) is 0 Å². The Kier molecular flexibility index (Phi) is 1.96. The summed E-state index contributed by atoms with van der Waals surface area (Å²) in [6.07, 6.45) is 1.07. The molecule has 0 bridgehead atoms. The number of aryl methyl sites for hydroxylation is 1. The zero-order valence-electron chi connectivity index (χ0n) is 7.76. The van der Waals surface area contributed by atoms with Crippen molar-refractivity contribution < 1.29 is 4.74 Å². The van der Waals surface area contributed by atoms with E-state index in [-0.39, 0.29) is 0 Å². The second kappa shape index (κ2) is 3.12.